The molecule has 24 heavy (non-hydrogen) atoms. The lowest BCUT2D eigenvalue weighted by molar-refractivity contribution is -0.0498. The van der Waals surface area contributed by atoms with Crippen LogP contribution in [0.1, 0.15) is 22.3 Å². The molecule has 0 saturated carbocycles. The molecule has 2 aromatic carbocycles. The van der Waals surface area contributed by atoms with Crippen molar-refractivity contribution in [2.45, 2.75) is 19.5 Å². The van der Waals surface area contributed by atoms with Gasteiger partial charge in [-0.2, -0.15) is 8.78 Å². The van der Waals surface area contributed by atoms with E-state index in [4.69, 9.17) is 4.74 Å². The molecule has 0 aromatic heterocycles. The molecule has 0 atom stereocenters. The Hall–Kier alpha value is -2.63. The highest BCUT2D eigenvalue weighted by Crippen LogP contribution is 2.31. The number of hydrogen-bond acceptors (Lipinski definition) is 3. The summed E-state index contributed by atoms with van der Waals surface area (Å²) in [4.78, 5) is 14.5. The molecule has 0 bridgehead atoms. The smallest absolute Gasteiger partial charge is 0.387 e. The second-order valence-corrected chi connectivity index (χ2v) is 5.46. The minimum absolute atomic E-state index is 0.0327. The molecule has 1 amide bonds. The van der Waals surface area contributed by atoms with Gasteiger partial charge < -0.3 is 14.4 Å². The Labute approximate surface area is 138 Å². The number of benzene rings is 2. The summed E-state index contributed by atoms with van der Waals surface area (Å²) in [6.07, 6.45) is 1.75. The fraction of sp³-hybridized carbons (Fsp3) is 0.278. The predicted molar refractivity (Wildman–Crippen MR) is 86.1 cm³/mol. The van der Waals surface area contributed by atoms with Crippen LogP contribution in [0.5, 0.6) is 11.5 Å². The average Bonchev–Trinajstić information content (AvgIpc) is 2.60. The normalized spacial score (nSPS) is 13.6. The zero-order valence-electron chi connectivity index (χ0n) is 13.2. The van der Waals surface area contributed by atoms with Crippen LogP contribution in [0.4, 0.5) is 14.5 Å². The number of hydrogen-bond donors (Lipinski definition) is 0. The molecule has 1 aliphatic heterocycles. The van der Waals surface area contributed by atoms with Crippen LogP contribution in [-0.2, 0) is 6.42 Å². The van der Waals surface area contributed by atoms with Gasteiger partial charge in [-0.05, 0) is 60.9 Å². The molecule has 126 valence electrons. The number of aryl methyl sites for hydroxylation is 1. The fourth-order valence-corrected chi connectivity index (χ4v) is 2.85. The second kappa shape index (κ2) is 6.86. The maximum atomic E-state index is 12.8. The van der Waals surface area contributed by atoms with Gasteiger partial charge in [0, 0.05) is 17.8 Å². The number of rotatable bonds is 4. The number of anilines is 1. The van der Waals surface area contributed by atoms with E-state index in [1.807, 2.05) is 18.2 Å². The Bertz CT molecular complexity index is 732. The van der Waals surface area contributed by atoms with Gasteiger partial charge in [0.1, 0.15) is 11.5 Å². The number of fused-ring (bicyclic) bond motifs is 1. The van der Waals surface area contributed by atoms with Crippen LogP contribution in [0.15, 0.2) is 42.5 Å². The van der Waals surface area contributed by atoms with Crippen LogP contribution < -0.4 is 14.4 Å². The third-order valence-corrected chi connectivity index (χ3v) is 3.98. The van der Waals surface area contributed by atoms with Crippen molar-refractivity contribution in [2.24, 2.45) is 0 Å². The molecule has 2 aromatic rings. The van der Waals surface area contributed by atoms with E-state index in [0.29, 0.717) is 12.1 Å². The predicted octanol–water partition coefficient (Wildman–Crippen LogP) is 3.89. The number of halogens is 2. The Morgan fingerprint density at radius 2 is 1.83 bits per heavy atom. The highest BCUT2D eigenvalue weighted by molar-refractivity contribution is 6.06. The molecule has 4 nitrogen and oxygen atoms in total. The minimum atomic E-state index is -2.88. The maximum absolute atomic E-state index is 12.8. The summed E-state index contributed by atoms with van der Waals surface area (Å²) in [5, 5.41) is 0. The lowest BCUT2D eigenvalue weighted by Gasteiger charge is -2.30. The molecule has 0 radical (unpaired) electrons. The zero-order valence-corrected chi connectivity index (χ0v) is 13.2. The van der Waals surface area contributed by atoms with Crippen molar-refractivity contribution in [1.82, 2.24) is 0 Å². The first-order valence-electron chi connectivity index (χ1n) is 7.62. The summed E-state index contributed by atoms with van der Waals surface area (Å²) in [5.41, 5.74) is 2.35. The first kappa shape index (κ1) is 16.2. The van der Waals surface area contributed by atoms with Gasteiger partial charge in [0.2, 0.25) is 0 Å². The van der Waals surface area contributed by atoms with Gasteiger partial charge in [-0.15, -0.1) is 0 Å². The molecular formula is C18H17F2NO3. The van der Waals surface area contributed by atoms with E-state index >= 15 is 0 Å². The number of nitrogens with zero attached hydrogens (tertiary/aromatic N) is 1. The highest BCUT2D eigenvalue weighted by atomic mass is 19.3. The van der Waals surface area contributed by atoms with E-state index in [2.05, 4.69) is 4.74 Å². The van der Waals surface area contributed by atoms with Crippen LogP contribution in [0.25, 0.3) is 0 Å². The molecule has 6 heteroatoms. The molecule has 0 saturated heterocycles. The lowest BCUT2D eigenvalue weighted by atomic mass is 10.0. The van der Waals surface area contributed by atoms with Crippen LogP contribution in [0.3, 0.4) is 0 Å². The summed E-state index contributed by atoms with van der Waals surface area (Å²) in [6, 6.07) is 11.4. The van der Waals surface area contributed by atoms with Gasteiger partial charge in [0.05, 0.1) is 7.11 Å². The number of carbonyl (C=O) groups excluding carboxylic acids is 1. The average molecular weight is 333 g/mol. The van der Waals surface area contributed by atoms with Gasteiger partial charge in [-0.1, -0.05) is 0 Å². The van der Waals surface area contributed by atoms with Crippen molar-refractivity contribution in [3.63, 3.8) is 0 Å². The first-order valence-corrected chi connectivity index (χ1v) is 7.62. The van der Waals surface area contributed by atoms with Crippen LogP contribution in [0, 0.1) is 0 Å². The van der Waals surface area contributed by atoms with Crippen molar-refractivity contribution in [3.05, 3.63) is 53.6 Å². The summed E-state index contributed by atoms with van der Waals surface area (Å²) in [7, 11) is 1.61. The van der Waals surface area contributed by atoms with E-state index in [1.54, 1.807) is 12.0 Å². The molecule has 0 fully saturated rings. The quantitative estimate of drug-likeness (QED) is 0.852. The molecule has 1 heterocycles. The van der Waals surface area contributed by atoms with E-state index < -0.39 is 6.61 Å². The third-order valence-electron chi connectivity index (χ3n) is 3.98. The summed E-state index contributed by atoms with van der Waals surface area (Å²) in [6.45, 7) is -2.26. The molecular weight excluding hydrogens is 316 g/mol. The summed E-state index contributed by atoms with van der Waals surface area (Å²) < 4.78 is 33.9. The number of methoxy groups -OCH3 is 1. The Balaban J connectivity index is 1.83. The molecule has 1 aliphatic rings. The number of amides is 1. The maximum Gasteiger partial charge on any atom is 0.387 e. The lowest BCUT2D eigenvalue weighted by Crippen LogP contribution is -2.35. The Morgan fingerprint density at radius 1 is 1.12 bits per heavy atom. The zero-order chi connectivity index (χ0) is 17.1. The standard InChI is InChI=1S/C18H17F2NO3/c1-23-15-8-9-16-13(11-15)3-2-10-21(16)17(22)12-4-6-14(7-5-12)24-18(19)20/h4-9,11,18H,2-3,10H2,1H3. The topological polar surface area (TPSA) is 38.8 Å². The van der Waals surface area contributed by atoms with Gasteiger partial charge in [-0.25, -0.2) is 0 Å². The Kier molecular flexibility index (Phi) is 4.64. The van der Waals surface area contributed by atoms with Gasteiger partial charge >= 0.3 is 6.61 Å². The van der Waals surface area contributed by atoms with Gasteiger partial charge in [0.25, 0.3) is 5.91 Å². The highest BCUT2D eigenvalue weighted by Gasteiger charge is 2.24. The van der Waals surface area contributed by atoms with Crippen LogP contribution >= 0.6 is 0 Å². The largest absolute Gasteiger partial charge is 0.497 e. The first-order chi connectivity index (χ1) is 11.6. The minimum Gasteiger partial charge on any atom is -0.497 e. The van der Waals surface area contributed by atoms with Crippen molar-refractivity contribution in [3.8, 4) is 11.5 Å². The van der Waals surface area contributed by atoms with Gasteiger partial charge in [0.15, 0.2) is 0 Å². The summed E-state index contributed by atoms with van der Waals surface area (Å²) >= 11 is 0. The molecule has 0 N–H and O–H groups in total. The number of alkyl halides is 2. The third kappa shape index (κ3) is 3.32. The van der Waals surface area contributed by atoms with E-state index in [1.165, 1.54) is 24.3 Å². The van der Waals surface area contributed by atoms with E-state index in [-0.39, 0.29) is 11.7 Å². The monoisotopic (exact) mass is 333 g/mol. The summed E-state index contributed by atoms with van der Waals surface area (Å²) in [5.74, 6) is 0.631. The number of ether oxygens (including phenoxy) is 2. The SMILES string of the molecule is COc1ccc2c(c1)CCCN2C(=O)c1ccc(OC(F)F)cc1. The molecule has 0 spiro atoms. The van der Waals surface area contributed by atoms with Crippen LogP contribution in [-0.4, -0.2) is 26.2 Å². The van der Waals surface area contributed by atoms with Crippen molar-refractivity contribution in [1.29, 1.82) is 0 Å². The fourth-order valence-electron chi connectivity index (χ4n) is 2.85. The van der Waals surface area contributed by atoms with Crippen molar-refractivity contribution in [2.75, 3.05) is 18.6 Å². The van der Waals surface area contributed by atoms with Gasteiger partial charge in [-0.3, -0.25) is 4.79 Å². The molecule has 0 aliphatic carbocycles. The van der Waals surface area contributed by atoms with E-state index in [0.717, 1.165) is 29.8 Å². The molecule has 0 unspecified atom stereocenters. The number of carbonyl (C=O) groups is 1. The molecule has 3 rings (SSSR count). The van der Waals surface area contributed by atoms with Crippen LogP contribution in [0.2, 0.25) is 0 Å². The van der Waals surface area contributed by atoms with Crippen molar-refractivity contribution < 1.29 is 23.0 Å². The van der Waals surface area contributed by atoms with Crippen molar-refractivity contribution >= 4 is 11.6 Å². The van der Waals surface area contributed by atoms with E-state index in [9.17, 15) is 13.6 Å². The second-order valence-electron chi connectivity index (χ2n) is 5.46. The Morgan fingerprint density at radius 3 is 2.50 bits per heavy atom.